The molecule has 0 fully saturated rings. The summed E-state index contributed by atoms with van der Waals surface area (Å²) in [5, 5.41) is 9.58. The summed E-state index contributed by atoms with van der Waals surface area (Å²) in [5.41, 5.74) is 9.88. The molecule has 0 unspecified atom stereocenters. The molecule has 0 bridgehead atoms. The molecule has 1 aromatic rings. The fraction of sp³-hybridized carbons (Fsp3) is 0.400. The second kappa shape index (κ2) is 6.60. The van der Waals surface area contributed by atoms with Crippen LogP contribution in [0.2, 0.25) is 0 Å². The van der Waals surface area contributed by atoms with Crippen molar-refractivity contribution in [2.24, 2.45) is 11.5 Å². The summed E-state index contributed by atoms with van der Waals surface area (Å²) in [6.07, 6.45) is -4.33. The highest BCUT2D eigenvalue weighted by atomic mass is 79.9. The third-order valence-corrected chi connectivity index (χ3v) is 2.74. The maximum Gasteiger partial charge on any atom is 0.420 e. The van der Waals surface area contributed by atoms with Gasteiger partial charge >= 0.3 is 6.18 Å². The van der Waals surface area contributed by atoms with E-state index < -0.39 is 23.5 Å². The van der Waals surface area contributed by atoms with Crippen molar-refractivity contribution in [2.75, 3.05) is 6.54 Å². The van der Waals surface area contributed by atoms with Gasteiger partial charge in [-0.3, -0.25) is 0 Å². The molecular weight excluding hydrogens is 336 g/mol. The Balaban J connectivity index is 0.00000289. The van der Waals surface area contributed by atoms with Gasteiger partial charge < -0.3 is 16.6 Å². The summed E-state index contributed by atoms with van der Waals surface area (Å²) in [5.74, 6) is -0.832. The number of halogens is 5. The maximum atomic E-state index is 12.6. The molecule has 0 amide bonds. The number of rotatable bonds is 3. The van der Waals surface area contributed by atoms with Gasteiger partial charge in [-0.05, 0) is 25.1 Å². The first-order valence-electron chi connectivity index (χ1n) is 4.82. The van der Waals surface area contributed by atoms with Crippen LogP contribution in [0.4, 0.5) is 13.2 Å². The van der Waals surface area contributed by atoms with Crippen LogP contribution in [0.5, 0.6) is 5.75 Å². The minimum absolute atomic E-state index is 0. The molecule has 5 N–H and O–H groups in total. The van der Waals surface area contributed by atoms with E-state index in [1.807, 2.05) is 0 Å². The van der Waals surface area contributed by atoms with E-state index in [1.54, 1.807) is 0 Å². The van der Waals surface area contributed by atoms with Crippen LogP contribution in [0.15, 0.2) is 16.6 Å². The van der Waals surface area contributed by atoms with Crippen LogP contribution in [-0.2, 0) is 6.18 Å². The molecule has 0 aliphatic carbocycles. The first-order valence-corrected chi connectivity index (χ1v) is 5.62. The van der Waals surface area contributed by atoms with E-state index in [0.29, 0.717) is 6.42 Å². The number of alkyl halides is 3. The predicted octanol–water partition coefficient (Wildman–Crippen LogP) is 2.94. The lowest BCUT2D eigenvalue weighted by molar-refractivity contribution is -0.138. The Morgan fingerprint density at radius 2 is 1.89 bits per heavy atom. The fourth-order valence-electron chi connectivity index (χ4n) is 1.45. The zero-order valence-corrected chi connectivity index (χ0v) is 11.6. The smallest absolute Gasteiger partial charge is 0.420 e. The lowest BCUT2D eigenvalue weighted by Crippen LogP contribution is -2.17. The number of hydrogen-bond donors (Lipinski definition) is 3. The van der Waals surface area contributed by atoms with Crippen molar-refractivity contribution in [2.45, 2.75) is 18.6 Å². The molecule has 0 spiro atoms. The molecule has 3 nitrogen and oxygen atoms in total. The SMILES string of the molecule is Cl.NCC[C@H](N)c1cc(Br)cc(C(F)(F)F)c1O. The summed E-state index contributed by atoms with van der Waals surface area (Å²) in [7, 11) is 0. The quantitative estimate of drug-likeness (QED) is 0.785. The molecule has 0 aliphatic rings. The van der Waals surface area contributed by atoms with Gasteiger partial charge in [0.25, 0.3) is 0 Å². The number of benzene rings is 1. The number of hydrogen-bond acceptors (Lipinski definition) is 3. The van der Waals surface area contributed by atoms with Gasteiger partial charge in [0, 0.05) is 16.1 Å². The Hall–Kier alpha value is -0.500. The van der Waals surface area contributed by atoms with E-state index in [1.165, 1.54) is 6.07 Å². The van der Waals surface area contributed by atoms with Gasteiger partial charge in [0.1, 0.15) is 5.75 Å². The van der Waals surface area contributed by atoms with Crippen molar-refractivity contribution >= 4 is 28.3 Å². The topological polar surface area (TPSA) is 72.3 Å². The molecule has 0 saturated carbocycles. The van der Waals surface area contributed by atoms with Crippen LogP contribution in [-0.4, -0.2) is 11.7 Å². The summed E-state index contributed by atoms with van der Waals surface area (Å²) < 4.78 is 38.0. The fourth-order valence-corrected chi connectivity index (χ4v) is 1.93. The van der Waals surface area contributed by atoms with Gasteiger partial charge in [-0.1, -0.05) is 15.9 Å². The molecular formula is C10H13BrClF3N2O. The summed E-state index contributed by atoms with van der Waals surface area (Å²) in [6, 6.07) is 1.46. The molecule has 8 heteroatoms. The minimum Gasteiger partial charge on any atom is -0.507 e. The molecule has 0 radical (unpaired) electrons. The number of aromatic hydroxyl groups is 1. The van der Waals surface area contributed by atoms with Crippen molar-refractivity contribution < 1.29 is 18.3 Å². The average Bonchev–Trinajstić information content (AvgIpc) is 2.19. The Kier molecular flexibility index (Phi) is 6.42. The highest BCUT2D eigenvalue weighted by molar-refractivity contribution is 9.10. The van der Waals surface area contributed by atoms with Crippen LogP contribution in [0.25, 0.3) is 0 Å². The molecule has 0 aromatic heterocycles. The lowest BCUT2D eigenvalue weighted by atomic mass is 10.00. The third-order valence-electron chi connectivity index (χ3n) is 2.29. The van der Waals surface area contributed by atoms with Gasteiger partial charge in [0.15, 0.2) is 0 Å². The molecule has 104 valence electrons. The van der Waals surface area contributed by atoms with E-state index in [2.05, 4.69) is 15.9 Å². The largest absolute Gasteiger partial charge is 0.507 e. The van der Waals surface area contributed by atoms with Crippen LogP contribution >= 0.6 is 28.3 Å². The Bertz CT molecular complexity index is 415. The van der Waals surface area contributed by atoms with E-state index in [-0.39, 0.29) is 29.0 Å². The summed E-state index contributed by atoms with van der Waals surface area (Å²) in [4.78, 5) is 0. The standard InChI is InChI=1S/C10H12BrF3N2O.ClH/c11-5-3-6(8(16)1-2-15)9(17)7(4-5)10(12,13)14;/h3-4,8,17H,1-2,15-16H2;1H/t8-;/m0./s1. The molecule has 0 saturated heterocycles. The zero-order valence-electron chi connectivity index (χ0n) is 9.17. The van der Waals surface area contributed by atoms with E-state index in [0.717, 1.165) is 6.07 Å². The van der Waals surface area contributed by atoms with E-state index >= 15 is 0 Å². The predicted molar refractivity (Wildman–Crippen MR) is 68.7 cm³/mol. The van der Waals surface area contributed by atoms with Gasteiger partial charge in [0.05, 0.1) is 5.56 Å². The molecule has 1 aromatic carbocycles. The first kappa shape index (κ1) is 17.5. The van der Waals surface area contributed by atoms with Crippen molar-refractivity contribution in [1.82, 2.24) is 0 Å². The van der Waals surface area contributed by atoms with Gasteiger partial charge in [-0.25, -0.2) is 0 Å². The summed E-state index contributed by atoms with van der Waals surface area (Å²) in [6.45, 7) is 0.231. The number of phenols is 1. The summed E-state index contributed by atoms with van der Waals surface area (Å²) >= 11 is 2.96. The van der Waals surface area contributed by atoms with Gasteiger partial charge in [0.2, 0.25) is 0 Å². The number of phenolic OH excluding ortho intramolecular Hbond substituents is 1. The van der Waals surface area contributed by atoms with Crippen LogP contribution < -0.4 is 11.5 Å². The second-order valence-corrected chi connectivity index (χ2v) is 4.49. The second-order valence-electron chi connectivity index (χ2n) is 3.57. The first-order chi connectivity index (χ1) is 7.77. The highest BCUT2D eigenvalue weighted by Crippen LogP contribution is 2.41. The number of nitrogens with two attached hydrogens (primary N) is 2. The molecule has 0 aliphatic heterocycles. The lowest BCUT2D eigenvalue weighted by Gasteiger charge is -2.17. The molecule has 18 heavy (non-hydrogen) atoms. The van der Waals surface area contributed by atoms with Crippen LogP contribution in [0.3, 0.4) is 0 Å². The normalized spacial score (nSPS) is 13.0. The minimum atomic E-state index is -4.62. The monoisotopic (exact) mass is 348 g/mol. The Labute approximate surface area is 117 Å². The van der Waals surface area contributed by atoms with E-state index in [4.69, 9.17) is 11.5 Å². The maximum absolute atomic E-state index is 12.6. The van der Waals surface area contributed by atoms with Crippen LogP contribution in [0.1, 0.15) is 23.6 Å². The van der Waals surface area contributed by atoms with Crippen molar-refractivity contribution in [3.63, 3.8) is 0 Å². The van der Waals surface area contributed by atoms with Gasteiger partial charge in [-0.15, -0.1) is 12.4 Å². The molecule has 1 atom stereocenters. The van der Waals surface area contributed by atoms with Crippen molar-refractivity contribution in [3.8, 4) is 5.75 Å². The third kappa shape index (κ3) is 4.01. The molecule has 1 rings (SSSR count). The Morgan fingerprint density at radius 1 is 1.33 bits per heavy atom. The molecule has 0 heterocycles. The van der Waals surface area contributed by atoms with Gasteiger partial charge in [-0.2, -0.15) is 13.2 Å². The zero-order chi connectivity index (χ0) is 13.2. The van der Waals surface area contributed by atoms with Crippen molar-refractivity contribution in [3.05, 3.63) is 27.7 Å². The highest BCUT2D eigenvalue weighted by Gasteiger charge is 2.35. The average molecular weight is 350 g/mol. The van der Waals surface area contributed by atoms with Crippen molar-refractivity contribution in [1.29, 1.82) is 0 Å². The Morgan fingerprint density at radius 3 is 2.33 bits per heavy atom. The van der Waals surface area contributed by atoms with Crippen LogP contribution in [0, 0.1) is 0 Å². The van der Waals surface area contributed by atoms with E-state index in [9.17, 15) is 18.3 Å².